The van der Waals surface area contributed by atoms with E-state index < -0.39 is 0 Å². The van der Waals surface area contributed by atoms with Crippen LogP contribution in [0.1, 0.15) is 35.7 Å². The number of hydrogen-bond acceptors (Lipinski definition) is 3. The quantitative estimate of drug-likeness (QED) is 0.848. The van der Waals surface area contributed by atoms with Crippen molar-refractivity contribution in [1.29, 1.82) is 0 Å². The molecule has 2 aromatic rings. The van der Waals surface area contributed by atoms with Gasteiger partial charge in [-0.05, 0) is 43.8 Å². The lowest BCUT2D eigenvalue weighted by molar-refractivity contribution is 0.584. The molecular weight excluding hydrogens is 266 g/mol. The molecule has 0 saturated heterocycles. The van der Waals surface area contributed by atoms with Crippen LogP contribution in [-0.4, -0.2) is 22.4 Å². The molecule has 0 aliphatic rings. The van der Waals surface area contributed by atoms with E-state index in [1.165, 1.54) is 21.8 Å². The number of nitrogens with one attached hydrogen (secondary N) is 1. The number of rotatable bonds is 7. The molecule has 0 aliphatic carbocycles. The fourth-order valence-electron chi connectivity index (χ4n) is 2.47. The van der Waals surface area contributed by atoms with E-state index in [2.05, 4.69) is 55.2 Å². The second kappa shape index (κ2) is 7.04. The minimum Gasteiger partial charge on any atom is -0.314 e. The zero-order valence-electron chi connectivity index (χ0n) is 12.9. The van der Waals surface area contributed by atoms with Crippen LogP contribution in [0, 0.1) is 13.8 Å². The van der Waals surface area contributed by atoms with E-state index in [0.29, 0.717) is 6.04 Å². The third kappa shape index (κ3) is 3.93. The molecule has 20 heavy (non-hydrogen) atoms. The smallest absolute Gasteiger partial charge is 0.0628 e. The summed E-state index contributed by atoms with van der Waals surface area (Å²) in [4.78, 5) is 1.43. The number of aryl methyl sites for hydroxylation is 3. The molecule has 0 atom stereocenters. The van der Waals surface area contributed by atoms with Gasteiger partial charge in [0.15, 0.2) is 0 Å². The summed E-state index contributed by atoms with van der Waals surface area (Å²) >= 11 is 1.82. The van der Waals surface area contributed by atoms with Crippen molar-refractivity contribution in [3.05, 3.63) is 39.3 Å². The normalized spacial score (nSPS) is 11.4. The molecule has 0 aliphatic heterocycles. The van der Waals surface area contributed by atoms with E-state index in [1.807, 2.05) is 11.3 Å². The molecule has 0 spiro atoms. The van der Waals surface area contributed by atoms with Crippen LogP contribution in [-0.2, 0) is 19.4 Å². The Balaban J connectivity index is 1.97. The number of nitrogens with zero attached hydrogens (tertiary/aromatic N) is 2. The zero-order valence-corrected chi connectivity index (χ0v) is 13.8. The predicted octanol–water partition coefficient (Wildman–Crippen LogP) is 3.34. The highest BCUT2D eigenvalue weighted by atomic mass is 32.1. The first kappa shape index (κ1) is 15.3. The molecular formula is C16H25N3S. The van der Waals surface area contributed by atoms with Gasteiger partial charge in [0.2, 0.25) is 0 Å². The molecule has 4 heteroatoms. The Kier molecular flexibility index (Phi) is 5.38. The Labute approximate surface area is 126 Å². The average molecular weight is 291 g/mol. The predicted molar refractivity (Wildman–Crippen MR) is 86.6 cm³/mol. The average Bonchev–Trinajstić information content (AvgIpc) is 2.99. The first-order valence-electron chi connectivity index (χ1n) is 7.36. The molecule has 3 nitrogen and oxygen atoms in total. The topological polar surface area (TPSA) is 29.9 Å². The summed E-state index contributed by atoms with van der Waals surface area (Å²) in [6.07, 6.45) is 2.14. The van der Waals surface area contributed by atoms with Crippen molar-refractivity contribution >= 4 is 11.3 Å². The summed E-state index contributed by atoms with van der Waals surface area (Å²) in [5, 5.41) is 10.3. The van der Waals surface area contributed by atoms with Crippen LogP contribution in [0.5, 0.6) is 0 Å². The number of aromatic nitrogens is 2. The SMILES string of the molecule is Cc1nn(CCc2cccs2)c(C)c1CCNC(C)C. The largest absolute Gasteiger partial charge is 0.314 e. The van der Waals surface area contributed by atoms with E-state index in [-0.39, 0.29) is 0 Å². The van der Waals surface area contributed by atoms with E-state index in [4.69, 9.17) is 5.10 Å². The maximum Gasteiger partial charge on any atom is 0.0628 e. The first-order chi connectivity index (χ1) is 9.58. The fraction of sp³-hybridized carbons (Fsp3) is 0.562. The van der Waals surface area contributed by atoms with Gasteiger partial charge in [0.1, 0.15) is 0 Å². The van der Waals surface area contributed by atoms with Gasteiger partial charge >= 0.3 is 0 Å². The standard InChI is InChI=1S/C16H25N3S/c1-12(2)17-9-7-16-13(3)18-19(14(16)4)10-8-15-6-5-11-20-15/h5-6,11-12,17H,7-10H2,1-4H3. The summed E-state index contributed by atoms with van der Waals surface area (Å²) in [7, 11) is 0. The summed E-state index contributed by atoms with van der Waals surface area (Å²) in [5.41, 5.74) is 3.91. The van der Waals surface area contributed by atoms with Crippen LogP contribution in [0.2, 0.25) is 0 Å². The van der Waals surface area contributed by atoms with Crippen LogP contribution >= 0.6 is 11.3 Å². The molecule has 0 fully saturated rings. The first-order valence-corrected chi connectivity index (χ1v) is 8.24. The molecule has 0 bridgehead atoms. The van der Waals surface area contributed by atoms with Crippen molar-refractivity contribution < 1.29 is 0 Å². The van der Waals surface area contributed by atoms with E-state index in [1.54, 1.807) is 0 Å². The van der Waals surface area contributed by atoms with Crippen molar-refractivity contribution in [2.75, 3.05) is 6.54 Å². The number of thiophene rings is 1. The van der Waals surface area contributed by atoms with Gasteiger partial charge in [0.25, 0.3) is 0 Å². The summed E-state index contributed by atoms with van der Waals surface area (Å²) < 4.78 is 2.17. The molecule has 1 N–H and O–H groups in total. The molecule has 0 amide bonds. The molecule has 0 aromatic carbocycles. The zero-order chi connectivity index (χ0) is 14.5. The summed E-state index contributed by atoms with van der Waals surface area (Å²) in [6.45, 7) is 10.7. The number of hydrogen-bond donors (Lipinski definition) is 1. The minimum atomic E-state index is 0.546. The minimum absolute atomic E-state index is 0.546. The van der Waals surface area contributed by atoms with Crippen LogP contribution in [0.4, 0.5) is 0 Å². The van der Waals surface area contributed by atoms with Gasteiger partial charge in [-0.2, -0.15) is 5.10 Å². The molecule has 0 saturated carbocycles. The molecule has 2 aromatic heterocycles. The van der Waals surface area contributed by atoms with E-state index in [9.17, 15) is 0 Å². The second-order valence-corrected chi connectivity index (χ2v) is 6.59. The van der Waals surface area contributed by atoms with Crippen LogP contribution in [0.15, 0.2) is 17.5 Å². The lowest BCUT2D eigenvalue weighted by atomic mass is 10.1. The van der Waals surface area contributed by atoms with E-state index >= 15 is 0 Å². The highest BCUT2D eigenvalue weighted by molar-refractivity contribution is 7.09. The van der Waals surface area contributed by atoms with Crippen LogP contribution in [0.3, 0.4) is 0 Å². The monoisotopic (exact) mass is 291 g/mol. The van der Waals surface area contributed by atoms with Crippen LogP contribution in [0.25, 0.3) is 0 Å². The van der Waals surface area contributed by atoms with Crippen molar-refractivity contribution in [3.63, 3.8) is 0 Å². The van der Waals surface area contributed by atoms with Gasteiger partial charge in [-0.1, -0.05) is 19.9 Å². The fourth-order valence-corrected chi connectivity index (χ4v) is 3.17. The lowest BCUT2D eigenvalue weighted by Gasteiger charge is -2.08. The third-order valence-electron chi connectivity index (χ3n) is 3.61. The Bertz CT molecular complexity index is 526. The Morgan fingerprint density at radius 2 is 2.10 bits per heavy atom. The molecule has 0 unspecified atom stereocenters. The van der Waals surface area contributed by atoms with Crippen molar-refractivity contribution in [1.82, 2.24) is 15.1 Å². The highest BCUT2D eigenvalue weighted by Crippen LogP contribution is 2.16. The Hall–Kier alpha value is -1.13. The summed E-state index contributed by atoms with van der Waals surface area (Å²) in [6, 6.07) is 4.86. The molecule has 2 heterocycles. The Morgan fingerprint density at radius 1 is 1.30 bits per heavy atom. The highest BCUT2D eigenvalue weighted by Gasteiger charge is 2.11. The third-order valence-corrected chi connectivity index (χ3v) is 4.55. The molecule has 2 rings (SSSR count). The van der Waals surface area contributed by atoms with Crippen molar-refractivity contribution in [2.45, 2.75) is 53.1 Å². The molecule has 110 valence electrons. The van der Waals surface area contributed by atoms with Gasteiger partial charge < -0.3 is 5.32 Å². The maximum absolute atomic E-state index is 4.70. The van der Waals surface area contributed by atoms with Gasteiger partial charge in [-0.25, -0.2) is 0 Å². The Morgan fingerprint density at radius 3 is 2.75 bits per heavy atom. The second-order valence-electron chi connectivity index (χ2n) is 5.56. The molecule has 0 radical (unpaired) electrons. The van der Waals surface area contributed by atoms with Crippen molar-refractivity contribution in [3.8, 4) is 0 Å². The maximum atomic E-state index is 4.70. The van der Waals surface area contributed by atoms with Crippen molar-refractivity contribution in [2.24, 2.45) is 0 Å². The lowest BCUT2D eigenvalue weighted by Crippen LogP contribution is -2.25. The van der Waals surface area contributed by atoms with Crippen LogP contribution < -0.4 is 5.32 Å². The van der Waals surface area contributed by atoms with Gasteiger partial charge in [-0.3, -0.25) is 4.68 Å². The van der Waals surface area contributed by atoms with E-state index in [0.717, 1.165) is 25.9 Å². The van der Waals surface area contributed by atoms with Gasteiger partial charge in [0.05, 0.1) is 5.69 Å². The van der Waals surface area contributed by atoms with Gasteiger partial charge in [-0.15, -0.1) is 11.3 Å². The summed E-state index contributed by atoms with van der Waals surface area (Å²) in [5.74, 6) is 0. The van der Waals surface area contributed by atoms with Gasteiger partial charge in [0, 0.05) is 29.6 Å².